The lowest BCUT2D eigenvalue weighted by molar-refractivity contribution is -0.124. The van der Waals surface area contributed by atoms with Gasteiger partial charge in [-0.3, -0.25) is 14.5 Å². The van der Waals surface area contributed by atoms with Crippen LogP contribution in [0, 0.1) is 0 Å². The van der Waals surface area contributed by atoms with Gasteiger partial charge >= 0.3 is 6.01 Å². The van der Waals surface area contributed by atoms with Gasteiger partial charge in [0, 0.05) is 15.1 Å². The van der Waals surface area contributed by atoms with Crippen molar-refractivity contribution in [2.24, 2.45) is 0 Å². The van der Waals surface area contributed by atoms with Gasteiger partial charge in [0.05, 0.1) is 11.6 Å². The summed E-state index contributed by atoms with van der Waals surface area (Å²) in [6.07, 6.45) is 0. The molecule has 0 radical (unpaired) electrons. The summed E-state index contributed by atoms with van der Waals surface area (Å²) in [6.45, 7) is -0.114. The first-order chi connectivity index (χ1) is 16.9. The molecule has 0 saturated carbocycles. The van der Waals surface area contributed by atoms with Crippen LogP contribution < -0.4 is 9.64 Å². The van der Waals surface area contributed by atoms with E-state index in [4.69, 9.17) is 32.4 Å². The number of alkyl halides is 1. The number of rotatable bonds is 7. The minimum absolute atomic E-state index is 0.0205. The minimum Gasteiger partial charge on any atom is -0.483 e. The van der Waals surface area contributed by atoms with Crippen molar-refractivity contribution in [3.8, 4) is 5.75 Å². The van der Waals surface area contributed by atoms with Gasteiger partial charge in [-0.05, 0) is 35.9 Å². The highest BCUT2D eigenvalue weighted by molar-refractivity contribution is 9.10. The second kappa shape index (κ2) is 9.81. The number of ketones is 1. The lowest BCUT2D eigenvalue weighted by Crippen LogP contribution is -2.56. The molecule has 176 valence electrons. The zero-order chi connectivity index (χ0) is 24.5. The lowest BCUT2D eigenvalue weighted by atomic mass is 9.94. The van der Waals surface area contributed by atoms with E-state index in [1.807, 2.05) is 30.3 Å². The second-order valence-corrected chi connectivity index (χ2v) is 9.53. The number of carbonyl (C=O) groups is 2. The Morgan fingerprint density at radius 2 is 1.86 bits per heavy atom. The Bertz CT molecular complexity index is 1410. The average molecular weight is 573 g/mol. The molecule has 10 heteroatoms. The molecule has 7 nitrogen and oxygen atoms in total. The second-order valence-electron chi connectivity index (χ2n) is 7.71. The molecule has 1 aromatic heterocycles. The first kappa shape index (κ1) is 23.5. The molecular weight excluding hydrogens is 557 g/mol. The normalized spacial score (nSPS) is 17.2. The highest BCUT2D eigenvalue weighted by Crippen LogP contribution is 2.42. The Hall–Kier alpha value is -3.20. The van der Waals surface area contributed by atoms with E-state index in [1.54, 1.807) is 42.5 Å². The molecule has 0 spiro atoms. The molecule has 5 rings (SSSR count). The van der Waals surface area contributed by atoms with Crippen LogP contribution in [0.4, 0.5) is 6.01 Å². The Morgan fingerprint density at radius 3 is 2.63 bits per heavy atom. The Balaban J connectivity index is 1.34. The van der Waals surface area contributed by atoms with E-state index >= 15 is 0 Å². The molecular formula is C25H16BrCl2N3O4. The van der Waals surface area contributed by atoms with Crippen LogP contribution in [0.3, 0.4) is 0 Å². The van der Waals surface area contributed by atoms with E-state index in [-0.39, 0.29) is 30.2 Å². The van der Waals surface area contributed by atoms with Crippen molar-refractivity contribution < 1.29 is 18.7 Å². The number of ether oxygens (including phenoxy) is 1. The standard InChI is InChI=1S/C25H16BrCl2N3O4/c26-16-8-4-7-15(11-16)22-21(28)24(33)31(22)25-30-29-20(35-25)13-34-19-10-9-17(27)12-18(19)23(32)14-5-2-1-3-6-14/h1-12,21-22H,13H2. The number of carbonyl (C=O) groups excluding carboxylic acids is 2. The van der Waals surface area contributed by atoms with Gasteiger partial charge in [-0.2, -0.15) is 0 Å². The molecule has 1 fully saturated rings. The molecule has 0 bridgehead atoms. The fourth-order valence-electron chi connectivity index (χ4n) is 3.77. The highest BCUT2D eigenvalue weighted by Gasteiger charge is 2.50. The summed E-state index contributed by atoms with van der Waals surface area (Å²) >= 11 is 15.8. The zero-order valence-corrected chi connectivity index (χ0v) is 21.0. The van der Waals surface area contributed by atoms with Crippen molar-refractivity contribution in [1.29, 1.82) is 0 Å². The van der Waals surface area contributed by atoms with Crippen LogP contribution in [-0.2, 0) is 11.4 Å². The first-order valence-corrected chi connectivity index (χ1v) is 12.1. The van der Waals surface area contributed by atoms with Crippen molar-refractivity contribution in [3.63, 3.8) is 0 Å². The Morgan fingerprint density at radius 1 is 1.06 bits per heavy atom. The summed E-state index contributed by atoms with van der Waals surface area (Å²) in [7, 11) is 0. The summed E-state index contributed by atoms with van der Waals surface area (Å²) in [5, 5.41) is 7.66. The summed E-state index contributed by atoms with van der Waals surface area (Å²) in [4.78, 5) is 26.8. The Kier molecular flexibility index (Phi) is 6.60. The number of hydrogen-bond acceptors (Lipinski definition) is 6. The maximum Gasteiger partial charge on any atom is 0.325 e. The van der Waals surface area contributed by atoms with Gasteiger partial charge in [-0.25, -0.2) is 0 Å². The van der Waals surface area contributed by atoms with E-state index in [9.17, 15) is 9.59 Å². The van der Waals surface area contributed by atoms with Crippen LogP contribution in [-0.4, -0.2) is 27.3 Å². The third-order valence-corrected chi connectivity index (χ3v) is 6.61. The SMILES string of the molecule is O=C(c1ccccc1)c1cc(Cl)ccc1OCc1nnc(N2C(=O)C(Cl)C2c2cccc(Br)c2)o1. The van der Waals surface area contributed by atoms with Gasteiger partial charge in [0.1, 0.15) is 11.1 Å². The number of β-lactam (4-membered cyclic amide) rings is 1. The number of aromatic nitrogens is 2. The molecule has 0 aliphatic carbocycles. The van der Waals surface area contributed by atoms with Gasteiger partial charge in [-0.1, -0.05) is 75.1 Å². The van der Waals surface area contributed by atoms with Gasteiger partial charge in [0.25, 0.3) is 11.8 Å². The molecule has 35 heavy (non-hydrogen) atoms. The molecule has 1 amide bonds. The molecule has 2 unspecified atom stereocenters. The average Bonchev–Trinajstić information content (AvgIpc) is 3.33. The molecule has 1 saturated heterocycles. The maximum absolute atomic E-state index is 13.0. The fraction of sp³-hybridized carbons (Fsp3) is 0.120. The third-order valence-electron chi connectivity index (χ3n) is 5.45. The van der Waals surface area contributed by atoms with Crippen LogP contribution >= 0.6 is 39.1 Å². The van der Waals surface area contributed by atoms with Gasteiger partial charge in [0.15, 0.2) is 12.4 Å². The van der Waals surface area contributed by atoms with E-state index in [1.165, 1.54) is 4.90 Å². The monoisotopic (exact) mass is 571 g/mol. The van der Waals surface area contributed by atoms with Gasteiger partial charge in [0.2, 0.25) is 0 Å². The predicted molar refractivity (Wildman–Crippen MR) is 134 cm³/mol. The molecule has 0 N–H and O–H groups in total. The van der Waals surface area contributed by atoms with Crippen molar-refractivity contribution in [1.82, 2.24) is 10.2 Å². The summed E-state index contributed by atoms with van der Waals surface area (Å²) in [6, 6.07) is 20.7. The minimum atomic E-state index is -0.739. The van der Waals surface area contributed by atoms with E-state index < -0.39 is 11.4 Å². The molecule has 2 atom stereocenters. The largest absolute Gasteiger partial charge is 0.483 e. The lowest BCUT2D eigenvalue weighted by Gasteiger charge is -2.41. The molecule has 1 aliphatic rings. The molecule has 1 aliphatic heterocycles. The molecule has 3 aromatic carbocycles. The predicted octanol–water partition coefficient (Wildman–Crippen LogP) is 5.99. The van der Waals surface area contributed by atoms with Crippen molar-refractivity contribution in [2.45, 2.75) is 18.0 Å². The molecule has 4 aromatic rings. The quantitative estimate of drug-likeness (QED) is 0.154. The van der Waals surface area contributed by atoms with Crippen LogP contribution in [0.5, 0.6) is 5.75 Å². The van der Waals surface area contributed by atoms with Crippen molar-refractivity contribution >= 4 is 56.8 Å². The van der Waals surface area contributed by atoms with Crippen LogP contribution in [0.2, 0.25) is 5.02 Å². The number of benzene rings is 3. The molecule has 2 heterocycles. The fourth-order valence-corrected chi connectivity index (χ4v) is 4.72. The van der Waals surface area contributed by atoms with Crippen molar-refractivity contribution in [3.05, 3.63) is 105 Å². The number of amides is 1. The summed E-state index contributed by atoms with van der Waals surface area (Å²) in [5.74, 6) is -0.116. The third kappa shape index (κ3) is 4.69. The van der Waals surface area contributed by atoms with Gasteiger partial charge < -0.3 is 9.15 Å². The van der Waals surface area contributed by atoms with Gasteiger partial charge in [-0.15, -0.1) is 16.7 Å². The maximum atomic E-state index is 13.0. The zero-order valence-electron chi connectivity index (χ0n) is 17.9. The summed E-state index contributed by atoms with van der Waals surface area (Å²) < 4.78 is 12.4. The van der Waals surface area contributed by atoms with E-state index in [0.717, 1.165) is 10.0 Å². The number of hydrogen-bond donors (Lipinski definition) is 0. The summed E-state index contributed by atoms with van der Waals surface area (Å²) in [5.41, 5.74) is 1.64. The van der Waals surface area contributed by atoms with Crippen molar-refractivity contribution in [2.75, 3.05) is 4.90 Å². The first-order valence-electron chi connectivity index (χ1n) is 10.5. The smallest absolute Gasteiger partial charge is 0.325 e. The van der Waals surface area contributed by atoms with Crippen LogP contribution in [0.1, 0.15) is 33.4 Å². The van der Waals surface area contributed by atoms with Crippen LogP contribution in [0.15, 0.2) is 81.7 Å². The van der Waals surface area contributed by atoms with Crippen LogP contribution in [0.25, 0.3) is 0 Å². The topological polar surface area (TPSA) is 85.5 Å². The Labute approximate surface area is 218 Å². The van der Waals surface area contributed by atoms with E-state index in [2.05, 4.69) is 26.1 Å². The number of halogens is 3. The highest BCUT2D eigenvalue weighted by atomic mass is 79.9. The number of nitrogens with zero attached hydrogens (tertiary/aromatic N) is 3. The van der Waals surface area contributed by atoms with E-state index in [0.29, 0.717) is 21.9 Å². The number of anilines is 1.